The number of likely N-dealkylation sites (tertiary alicyclic amines) is 1. The number of piperazine rings is 1. The van der Waals surface area contributed by atoms with E-state index in [9.17, 15) is 23.5 Å². The number of carbonyl (C=O) groups excluding carboxylic acids is 1. The predicted octanol–water partition coefficient (Wildman–Crippen LogP) is 3.71. The molecule has 36 heavy (non-hydrogen) atoms. The topological polar surface area (TPSA) is 106 Å². The van der Waals surface area contributed by atoms with E-state index in [0.717, 1.165) is 31.4 Å². The third-order valence-electron chi connectivity index (χ3n) is 7.44. The van der Waals surface area contributed by atoms with E-state index >= 15 is 0 Å². The minimum atomic E-state index is -0.945. The second-order valence-electron chi connectivity index (χ2n) is 9.53. The summed E-state index contributed by atoms with van der Waals surface area (Å²) in [5.74, 6) is -0.00589. The fourth-order valence-electron chi connectivity index (χ4n) is 5.81. The third-order valence-corrected chi connectivity index (χ3v) is 7.44. The molecular weight excluding hydrogens is 472 g/mol. The van der Waals surface area contributed by atoms with E-state index < -0.39 is 17.7 Å². The van der Waals surface area contributed by atoms with E-state index in [1.807, 2.05) is 4.90 Å². The number of benzene rings is 1. The molecule has 2 bridgehead atoms. The van der Waals surface area contributed by atoms with Gasteiger partial charge in [0.15, 0.2) is 11.5 Å². The SMILES string of the molecule is O=C(Nc1cnc2ccc(N3CCCC3c3cc(F)ccc3F)nn12)N1CC2CCC(C1)N2C(=O)O. The highest BCUT2D eigenvalue weighted by molar-refractivity contribution is 5.89. The van der Waals surface area contributed by atoms with Gasteiger partial charge in [0.05, 0.1) is 24.3 Å². The van der Waals surface area contributed by atoms with Crippen molar-refractivity contribution in [2.45, 2.75) is 43.8 Å². The lowest BCUT2D eigenvalue weighted by Crippen LogP contribution is -2.57. The van der Waals surface area contributed by atoms with E-state index in [-0.39, 0.29) is 24.2 Å². The summed E-state index contributed by atoms with van der Waals surface area (Å²) in [6.07, 6.45) is 3.52. The van der Waals surface area contributed by atoms with Crippen LogP contribution < -0.4 is 10.2 Å². The molecular formula is C24H25F2N7O3. The average molecular weight is 498 g/mol. The van der Waals surface area contributed by atoms with Gasteiger partial charge >= 0.3 is 12.1 Å². The van der Waals surface area contributed by atoms with Crippen LogP contribution in [0.15, 0.2) is 36.5 Å². The molecule has 3 amide bonds. The van der Waals surface area contributed by atoms with Gasteiger partial charge in [0, 0.05) is 25.2 Å². The molecule has 2 aromatic heterocycles. The monoisotopic (exact) mass is 497 g/mol. The van der Waals surface area contributed by atoms with Crippen molar-refractivity contribution in [3.8, 4) is 0 Å². The first-order valence-corrected chi connectivity index (χ1v) is 12.0. The number of halogens is 2. The molecule has 0 radical (unpaired) electrons. The largest absolute Gasteiger partial charge is 0.465 e. The summed E-state index contributed by atoms with van der Waals surface area (Å²) in [5, 5.41) is 17.0. The van der Waals surface area contributed by atoms with Crippen molar-refractivity contribution in [3.05, 3.63) is 53.7 Å². The van der Waals surface area contributed by atoms with Crippen LogP contribution in [0.4, 0.5) is 30.0 Å². The molecule has 6 rings (SSSR count). The number of aromatic nitrogens is 3. The van der Waals surface area contributed by atoms with Gasteiger partial charge in [-0.2, -0.15) is 4.52 Å². The smallest absolute Gasteiger partial charge is 0.407 e. The van der Waals surface area contributed by atoms with Crippen LogP contribution in [0, 0.1) is 11.6 Å². The Bertz CT molecular complexity index is 1330. The van der Waals surface area contributed by atoms with Crippen molar-refractivity contribution in [1.29, 1.82) is 0 Å². The standard InChI is InChI=1S/C24H25F2N7O3/c25-14-3-6-18(26)17(10-14)19-2-1-9-31(19)21-8-7-20-27-11-22(33(20)29-21)28-23(34)30-12-15-4-5-16(13-30)32(15)24(35)36/h3,6-8,10-11,15-16,19H,1-2,4-5,9,12-13H2,(H,28,34)(H,35,36). The first-order valence-electron chi connectivity index (χ1n) is 12.0. The number of hydrogen-bond donors (Lipinski definition) is 2. The Morgan fingerprint density at radius 2 is 1.83 bits per heavy atom. The fraction of sp³-hybridized carbons (Fsp3) is 0.417. The first-order chi connectivity index (χ1) is 17.4. The van der Waals surface area contributed by atoms with Gasteiger partial charge in [-0.15, -0.1) is 5.10 Å². The third kappa shape index (κ3) is 3.76. The van der Waals surface area contributed by atoms with E-state index in [2.05, 4.69) is 15.4 Å². The summed E-state index contributed by atoms with van der Waals surface area (Å²) in [4.78, 5) is 33.9. The summed E-state index contributed by atoms with van der Waals surface area (Å²) in [5.41, 5.74) is 0.821. The molecule has 188 valence electrons. The summed E-state index contributed by atoms with van der Waals surface area (Å²) < 4.78 is 29.9. The predicted molar refractivity (Wildman–Crippen MR) is 126 cm³/mol. The summed E-state index contributed by atoms with van der Waals surface area (Å²) in [6.45, 7) is 1.30. The fourth-order valence-corrected chi connectivity index (χ4v) is 5.81. The number of fused-ring (bicyclic) bond motifs is 3. The molecule has 3 unspecified atom stereocenters. The van der Waals surface area contributed by atoms with Crippen LogP contribution in [0.3, 0.4) is 0 Å². The van der Waals surface area contributed by atoms with E-state index in [1.54, 1.807) is 17.0 Å². The highest BCUT2D eigenvalue weighted by Gasteiger charge is 2.44. The highest BCUT2D eigenvalue weighted by atomic mass is 19.1. The van der Waals surface area contributed by atoms with Crippen molar-refractivity contribution in [1.82, 2.24) is 24.4 Å². The number of carbonyl (C=O) groups is 2. The van der Waals surface area contributed by atoms with Crippen LogP contribution in [0.25, 0.3) is 5.65 Å². The van der Waals surface area contributed by atoms with Gasteiger partial charge in [0.25, 0.3) is 0 Å². The Kier molecular flexibility index (Phi) is 5.38. The van der Waals surface area contributed by atoms with E-state index in [0.29, 0.717) is 48.9 Å². The molecule has 2 N–H and O–H groups in total. The molecule has 0 saturated carbocycles. The lowest BCUT2D eigenvalue weighted by Gasteiger charge is -2.39. The summed E-state index contributed by atoms with van der Waals surface area (Å²) >= 11 is 0. The second-order valence-corrected chi connectivity index (χ2v) is 9.53. The molecule has 3 saturated heterocycles. The number of anilines is 2. The summed E-state index contributed by atoms with van der Waals surface area (Å²) in [7, 11) is 0. The normalized spacial score (nSPS) is 23.5. The van der Waals surface area contributed by atoms with Crippen LogP contribution in [-0.2, 0) is 0 Å². The molecule has 10 nitrogen and oxygen atoms in total. The molecule has 3 aromatic rings. The number of nitrogens with zero attached hydrogens (tertiary/aromatic N) is 6. The van der Waals surface area contributed by atoms with E-state index in [1.165, 1.54) is 21.7 Å². The molecule has 12 heteroatoms. The lowest BCUT2D eigenvalue weighted by atomic mass is 10.0. The number of imidazole rings is 1. The Morgan fingerprint density at radius 3 is 2.58 bits per heavy atom. The van der Waals surface area contributed by atoms with Gasteiger partial charge in [-0.05, 0) is 56.0 Å². The Labute approximate surface area is 205 Å². The Hall–Kier alpha value is -3.96. The van der Waals surface area contributed by atoms with Crippen molar-refractivity contribution in [2.24, 2.45) is 0 Å². The first kappa shape index (κ1) is 22.5. The number of nitrogens with one attached hydrogen (secondary N) is 1. The zero-order valence-corrected chi connectivity index (χ0v) is 19.3. The van der Waals surface area contributed by atoms with E-state index in [4.69, 9.17) is 0 Å². The van der Waals surface area contributed by atoms with Crippen LogP contribution in [-0.4, -0.2) is 73.3 Å². The zero-order valence-electron chi connectivity index (χ0n) is 19.3. The number of amides is 3. The molecule has 5 heterocycles. The number of hydrogen-bond acceptors (Lipinski definition) is 5. The van der Waals surface area contributed by atoms with Crippen LogP contribution in [0.5, 0.6) is 0 Å². The molecule has 3 atom stereocenters. The highest BCUT2D eigenvalue weighted by Crippen LogP contribution is 2.37. The molecule has 3 aliphatic heterocycles. The molecule has 1 aromatic carbocycles. The van der Waals surface area contributed by atoms with Gasteiger partial charge in [-0.1, -0.05) is 0 Å². The zero-order chi connectivity index (χ0) is 25.0. The van der Waals surface area contributed by atoms with Crippen molar-refractivity contribution in [3.63, 3.8) is 0 Å². The Morgan fingerprint density at radius 1 is 1.06 bits per heavy atom. The summed E-state index contributed by atoms with van der Waals surface area (Å²) in [6, 6.07) is 5.94. The second kappa shape index (κ2) is 8.61. The molecule has 3 fully saturated rings. The Balaban J connectivity index is 1.23. The minimum Gasteiger partial charge on any atom is -0.465 e. The number of rotatable bonds is 3. The van der Waals surface area contributed by atoms with Gasteiger partial charge < -0.3 is 14.9 Å². The molecule has 0 spiro atoms. The average Bonchev–Trinajstić information content (AvgIpc) is 3.56. The number of carboxylic acid groups (broad SMARTS) is 1. The van der Waals surface area contributed by atoms with Gasteiger partial charge in [0.1, 0.15) is 17.5 Å². The number of urea groups is 1. The quantitative estimate of drug-likeness (QED) is 0.572. The van der Waals surface area contributed by atoms with Crippen molar-refractivity contribution >= 4 is 29.4 Å². The van der Waals surface area contributed by atoms with Crippen LogP contribution in [0.2, 0.25) is 0 Å². The van der Waals surface area contributed by atoms with Gasteiger partial charge in [-0.3, -0.25) is 10.2 Å². The maximum Gasteiger partial charge on any atom is 0.407 e. The van der Waals surface area contributed by atoms with Gasteiger partial charge in [0.2, 0.25) is 0 Å². The minimum absolute atomic E-state index is 0.200. The van der Waals surface area contributed by atoms with Gasteiger partial charge in [-0.25, -0.2) is 23.4 Å². The molecule has 0 aliphatic carbocycles. The van der Waals surface area contributed by atoms with Crippen molar-refractivity contribution < 1.29 is 23.5 Å². The lowest BCUT2D eigenvalue weighted by molar-refractivity contribution is 0.0760. The molecule has 3 aliphatic rings. The van der Waals surface area contributed by atoms with Crippen molar-refractivity contribution in [2.75, 3.05) is 29.9 Å². The van der Waals surface area contributed by atoms with Crippen LogP contribution >= 0.6 is 0 Å². The van der Waals surface area contributed by atoms with Crippen LogP contribution in [0.1, 0.15) is 37.3 Å². The maximum atomic E-state index is 14.5. The maximum absolute atomic E-state index is 14.5.